The summed E-state index contributed by atoms with van der Waals surface area (Å²) >= 11 is 0. The summed E-state index contributed by atoms with van der Waals surface area (Å²) in [6.07, 6.45) is 0. The van der Waals surface area contributed by atoms with Crippen molar-refractivity contribution < 1.29 is 0 Å². The summed E-state index contributed by atoms with van der Waals surface area (Å²) in [6.45, 7) is 6.77. The molecule has 4 aromatic rings. The van der Waals surface area contributed by atoms with Crippen molar-refractivity contribution in [1.82, 2.24) is 0 Å². The monoisotopic (exact) mass is 336 g/mol. The number of benzene rings is 4. The highest BCUT2D eigenvalue weighted by molar-refractivity contribution is 6.00. The molecule has 0 saturated heterocycles. The Kier molecular flexibility index (Phi) is 4.12. The molecule has 0 N–H and O–H groups in total. The molecule has 0 heteroatoms. The average Bonchev–Trinajstić information content (AvgIpc) is 2.67. The van der Waals surface area contributed by atoms with E-state index in [-0.39, 0.29) is 5.41 Å². The zero-order chi connectivity index (χ0) is 18.1. The molecule has 0 nitrogen and oxygen atoms in total. The van der Waals surface area contributed by atoms with Crippen LogP contribution in [0.4, 0.5) is 0 Å². The topological polar surface area (TPSA) is 0 Å². The second-order valence-corrected chi connectivity index (χ2v) is 7.94. The van der Waals surface area contributed by atoms with Gasteiger partial charge in [0, 0.05) is 0 Å². The van der Waals surface area contributed by atoms with Crippen molar-refractivity contribution in [3.05, 3.63) is 96.6 Å². The lowest BCUT2D eigenvalue weighted by atomic mass is 9.85. The minimum atomic E-state index is 0.173. The summed E-state index contributed by atoms with van der Waals surface area (Å²) in [5, 5.41) is 2.58. The first-order valence-electron chi connectivity index (χ1n) is 9.21. The predicted molar refractivity (Wildman–Crippen MR) is 114 cm³/mol. The van der Waals surface area contributed by atoms with Crippen LogP contribution in [0, 0.1) is 0 Å². The molecule has 0 radical (unpaired) electrons. The SMILES string of the molecule is CC(C)(C)c1ccc(-c2cc(-c3ccccc3)cc3ccccc23)cc1. The molecule has 0 aliphatic rings. The van der Waals surface area contributed by atoms with Gasteiger partial charge in [-0.25, -0.2) is 0 Å². The third-order valence-corrected chi connectivity index (χ3v) is 5.03. The summed E-state index contributed by atoms with van der Waals surface area (Å²) in [7, 11) is 0. The van der Waals surface area contributed by atoms with Crippen LogP contribution < -0.4 is 0 Å². The van der Waals surface area contributed by atoms with E-state index in [2.05, 4.69) is 112 Å². The number of hydrogen-bond acceptors (Lipinski definition) is 0. The lowest BCUT2D eigenvalue weighted by Crippen LogP contribution is -2.10. The van der Waals surface area contributed by atoms with Gasteiger partial charge >= 0.3 is 0 Å². The minimum Gasteiger partial charge on any atom is -0.0622 e. The van der Waals surface area contributed by atoms with Gasteiger partial charge in [-0.3, -0.25) is 0 Å². The molecule has 0 heterocycles. The second-order valence-electron chi connectivity index (χ2n) is 7.94. The fourth-order valence-electron chi connectivity index (χ4n) is 3.50. The Hall–Kier alpha value is -2.86. The molecule has 0 spiro atoms. The van der Waals surface area contributed by atoms with Gasteiger partial charge < -0.3 is 0 Å². The van der Waals surface area contributed by atoms with Crippen molar-refractivity contribution in [3.8, 4) is 22.3 Å². The Morgan fingerprint density at radius 2 is 1.19 bits per heavy atom. The van der Waals surface area contributed by atoms with Crippen molar-refractivity contribution in [2.45, 2.75) is 26.2 Å². The van der Waals surface area contributed by atoms with Crippen LogP contribution in [0.25, 0.3) is 33.0 Å². The number of fused-ring (bicyclic) bond motifs is 1. The molecular formula is C26H24. The fraction of sp³-hybridized carbons (Fsp3) is 0.154. The first kappa shape index (κ1) is 16.6. The highest BCUT2D eigenvalue weighted by atomic mass is 14.2. The standard InChI is InChI=1S/C26H24/c1-26(2,3)23-15-13-20(14-16-23)25-18-22(19-9-5-4-6-10-19)17-21-11-7-8-12-24(21)25/h4-18H,1-3H3. The Labute approximate surface area is 156 Å². The maximum absolute atomic E-state index is 2.32. The molecule has 0 aromatic heterocycles. The second kappa shape index (κ2) is 6.46. The molecule has 128 valence electrons. The molecule has 4 rings (SSSR count). The molecule has 0 aliphatic carbocycles. The quantitative estimate of drug-likeness (QED) is 0.356. The van der Waals surface area contributed by atoms with Gasteiger partial charge in [-0.15, -0.1) is 0 Å². The molecular weight excluding hydrogens is 312 g/mol. The van der Waals surface area contributed by atoms with Crippen LogP contribution in [0.2, 0.25) is 0 Å². The minimum absolute atomic E-state index is 0.173. The molecule has 26 heavy (non-hydrogen) atoms. The van der Waals surface area contributed by atoms with E-state index in [1.165, 1.54) is 38.6 Å². The van der Waals surface area contributed by atoms with Crippen LogP contribution in [-0.4, -0.2) is 0 Å². The van der Waals surface area contributed by atoms with E-state index >= 15 is 0 Å². The average molecular weight is 336 g/mol. The van der Waals surface area contributed by atoms with E-state index in [0.29, 0.717) is 0 Å². The van der Waals surface area contributed by atoms with Crippen molar-refractivity contribution in [2.24, 2.45) is 0 Å². The van der Waals surface area contributed by atoms with Gasteiger partial charge in [0.2, 0.25) is 0 Å². The molecule has 0 unspecified atom stereocenters. The predicted octanol–water partition coefficient (Wildman–Crippen LogP) is 7.47. The Balaban J connectivity index is 1.91. The normalized spacial score (nSPS) is 11.7. The highest BCUT2D eigenvalue weighted by Gasteiger charge is 2.14. The van der Waals surface area contributed by atoms with E-state index in [1.54, 1.807) is 0 Å². The van der Waals surface area contributed by atoms with Gasteiger partial charge in [-0.05, 0) is 56.1 Å². The Morgan fingerprint density at radius 1 is 0.538 bits per heavy atom. The fourth-order valence-corrected chi connectivity index (χ4v) is 3.50. The first-order valence-corrected chi connectivity index (χ1v) is 9.21. The van der Waals surface area contributed by atoms with Crippen LogP contribution >= 0.6 is 0 Å². The van der Waals surface area contributed by atoms with Crippen molar-refractivity contribution in [1.29, 1.82) is 0 Å². The summed E-state index contributed by atoms with van der Waals surface area (Å²) in [6, 6.07) is 32.9. The smallest absolute Gasteiger partial charge is 0.00992 e. The van der Waals surface area contributed by atoms with Crippen LogP contribution in [-0.2, 0) is 5.41 Å². The largest absolute Gasteiger partial charge is 0.0622 e. The summed E-state index contributed by atoms with van der Waals surface area (Å²) in [5.74, 6) is 0. The van der Waals surface area contributed by atoms with Gasteiger partial charge in [-0.1, -0.05) is 99.6 Å². The van der Waals surface area contributed by atoms with Crippen molar-refractivity contribution in [3.63, 3.8) is 0 Å². The number of hydrogen-bond donors (Lipinski definition) is 0. The summed E-state index contributed by atoms with van der Waals surface area (Å²) in [4.78, 5) is 0. The molecule has 0 saturated carbocycles. The van der Waals surface area contributed by atoms with Gasteiger partial charge in [0.1, 0.15) is 0 Å². The van der Waals surface area contributed by atoms with Crippen molar-refractivity contribution in [2.75, 3.05) is 0 Å². The molecule has 0 bridgehead atoms. The molecule has 0 atom stereocenters. The van der Waals surface area contributed by atoms with Crippen LogP contribution in [0.15, 0.2) is 91.0 Å². The lowest BCUT2D eigenvalue weighted by molar-refractivity contribution is 0.590. The van der Waals surface area contributed by atoms with Crippen LogP contribution in [0.5, 0.6) is 0 Å². The molecule has 0 amide bonds. The molecule has 4 aromatic carbocycles. The zero-order valence-corrected chi connectivity index (χ0v) is 15.7. The van der Waals surface area contributed by atoms with Gasteiger partial charge in [-0.2, -0.15) is 0 Å². The third-order valence-electron chi connectivity index (χ3n) is 5.03. The van der Waals surface area contributed by atoms with E-state index in [0.717, 1.165) is 0 Å². The summed E-state index contributed by atoms with van der Waals surface area (Å²) < 4.78 is 0. The third kappa shape index (κ3) is 3.15. The van der Waals surface area contributed by atoms with Gasteiger partial charge in [0.25, 0.3) is 0 Å². The Morgan fingerprint density at radius 3 is 1.88 bits per heavy atom. The Bertz CT molecular complexity index is 1030. The molecule has 0 fully saturated rings. The van der Waals surface area contributed by atoms with E-state index < -0.39 is 0 Å². The number of rotatable bonds is 2. The van der Waals surface area contributed by atoms with E-state index in [1.807, 2.05) is 0 Å². The van der Waals surface area contributed by atoms with Gasteiger partial charge in [0.05, 0.1) is 0 Å². The van der Waals surface area contributed by atoms with Crippen LogP contribution in [0.1, 0.15) is 26.3 Å². The molecule has 0 aliphatic heterocycles. The van der Waals surface area contributed by atoms with Crippen LogP contribution in [0.3, 0.4) is 0 Å². The zero-order valence-electron chi connectivity index (χ0n) is 15.7. The van der Waals surface area contributed by atoms with Gasteiger partial charge in [0.15, 0.2) is 0 Å². The van der Waals surface area contributed by atoms with Crippen molar-refractivity contribution >= 4 is 10.8 Å². The maximum Gasteiger partial charge on any atom is -0.00992 e. The lowest BCUT2D eigenvalue weighted by Gasteiger charge is -2.19. The van der Waals surface area contributed by atoms with E-state index in [9.17, 15) is 0 Å². The highest BCUT2D eigenvalue weighted by Crippen LogP contribution is 2.35. The maximum atomic E-state index is 2.32. The first-order chi connectivity index (χ1) is 12.5. The summed E-state index contributed by atoms with van der Waals surface area (Å²) in [5.41, 5.74) is 6.62. The van der Waals surface area contributed by atoms with E-state index in [4.69, 9.17) is 0 Å².